The zero-order valence-corrected chi connectivity index (χ0v) is 9.07. The summed E-state index contributed by atoms with van der Waals surface area (Å²) in [4.78, 5) is 4.08. The van der Waals surface area contributed by atoms with Gasteiger partial charge in [-0.2, -0.15) is 4.31 Å². The predicted octanol–water partition coefficient (Wildman–Crippen LogP) is 0.199. The average molecular weight is 227 g/mol. The van der Waals surface area contributed by atoms with Gasteiger partial charge >= 0.3 is 0 Å². The van der Waals surface area contributed by atoms with Gasteiger partial charge in [-0.1, -0.05) is 0 Å². The van der Waals surface area contributed by atoms with Crippen molar-refractivity contribution in [2.24, 2.45) is 0 Å². The zero-order chi connectivity index (χ0) is 10.9. The van der Waals surface area contributed by atoms with E-state index in [0.717, 1.165) is 0 Å². The fourth-order valence-corrected chi connectivity index (χ4v) is 3.12. The molecule has 2 N–H and O–H groups in total. The summed E-state index contributed by atoms with van der Waals surface area (Å²) in [6.07, 6.45) is 2.29. The number of anilines is 1. The molecule has 82 valence electrons. The number of rotatable bonds is 2. The van der Waals surface area contributed by atoms with Crippen LogP contribution in [-0.4, -0.2) is 30.0 Å². The molecule has 5 nitrogen and oxygen atoms in total. The van der Waals surface area contributed by atoms with Gasteiger partial charge in [-0.05, 0) is 18.6 Å². The SMILES string of the molecule is Nc1ccnc(CN2CCCS2(=O)=O)c1. The van der Waals surface area contributed by atoms with E-state index >= 15 is 0 Å². The highest BCUT2D eigenvalue weighted by atomic mass is 32.2. The van der Waals surface area contributed by atoms with Gasteiger partial charge in [0.15, 0.2) is 0 Å². The monoisotopic (exact) mass is 227 g/mol. The summed E-state index contributed by atoms with van der Waals surface area (Å²) >= 11 is 0. The summed E-state index contributed by atoms with van der Waals surface area (Å²) < 4.78 is 24.5. The number of nitrogens with zero attached hydrogens (tertiary/aromatic N) is 2. The molecule has 15 heavy (non-hydrogen) atoms. The largest absolute Gasteiger partial charge is 0.399 e. The van der Waals surface area contributed by atoms with Crippen molar-refractivity contribution >= 4 is 15.7 Å². The van der Waals surface area contributed by atoms with E-state index in [2.05, 4.69) is 4.98 Å². The fourth-order valence-electron chi connectivity index (χ4n) is 1.63. The molecule has 2 heterocycles. The number of hydrogen-bond donors (Lipinski definition) is 1. The number of pyridine rings is 1. The van der Waals surface area contributed by atoms with Crippen molar-refractivity contribution in [1.82, 2.24) is 9.29 Å². The van der Waals surface area contributed by atoms with Crippen molar-refractivity contribution in [3.8, 4) is 0 Å². The van der Waals surface area contributed by atoms with Crippen molar-refractivity contribution in [2.45, 2.75) is 13.0 Å². The third kappa shape index (κ3) is 2.27. The van der Waals surface area contributed by atoms with E-state index in [1.165, 1.54) is 4.31 Å². The van der Waals surface area contributed by atoms with Gasteiger partial charge in [0.05, 0.1) is 18.0 Å². The molecule has 0 bridgehead atoms. The fraction of sp³-hybridized carbons (Fsp3) is 0.444. The lowest BCUT2D eigenvalue weighted by molar-refractivity contribution is 0.435. The minimum Gasteiger partial charge on any atom is -0.399 e. The van der Waals surface area contributed by atoms with Crippen molar-refractivity contribution in [3.63, 3.8) is 0 Å². The lowest BCUT2D eigenvalue weighted by Crippen LogP contribution is -2.25. The molecule has 1 fully saturated rings. The molecule has 0 aliphatic carbocycles. The second kappa shape index (κ2) is 3.79. The van der Waals surface area contributed by atoms with Crippen LogP contribution in [0.2, 0.25) is 0 Å². The van der Waals surface area contributed by atoms with Crippen molar-refractivity contribution in [1.29, 1.82) is 0 Å². The summed E-state index contributed by atoms with van der Waals surface area (Å²) in [5.41, 5.74) is 6.90. The Balaban J connectivity index is 2.16. The second-order valence-corrected chi connectivity index (χ2v) is 5.67. The standard InChI is InChI=1S/C9H13N3O2S/c10-8-2-3-11-9(6-8)7-12-4-1-5-15(12,13)14/h2-3,6H,1,4-5,7H2,(H2,10,11). The van der Waals surface area contributed by atoms with Gasteiger partial charge in [-0.3, -0.25) is 4.98 Å². The van der Waals surface area contributed by atoms with Crippen LogP contribution in [-0.2, 0) is 16.6 Å². The number of aromatic nitrogens is 1. The summed E-state index contributed by atoms with van der Waals surface area (Å²) in [7, 11) is -3.05. The van der Waals surface area contributed by atoms with Crippen LogP contribution in [0.5, 0.6) is 0 Å². The zero-order valence-electron chi connectivity index (χ0n) is 8.26. The highest BCUT2D eigenvalue weighted by Gasteiger charge is 2.28. The van der Waals surface area contributed by atoms with E-state index in [9.17, 15) is 8.42 Å². The van der Waals surface area contributed by atoms with Gasteiger partial charge in [-0.25, -0.2) is 8.42 Å². The highest BCUT2D eigenvalue weighted by Crippen LogP contribution is 2.16. The van der Waals surface area contributed by atoms with Crippen LogP contribution in [0.4, 0.5) is 5.69 Å². The van der Waals surface area contributed by atoms with E-state index < -0.39 is 10.0 Å². The first kappa shape index (κ1) is 10.4. The van der Waals surface area contributed by atoms with Crippen LogP contribution >= 0.6 is 0 Å². The third-order valence-electron chi connectivity index (χ3n) is 2.38. The van der Waals surface area contributed by atoms with Gasteiger partial charge < -0.3 is 5.73 Å². The van der Waals surface area contributed by atoms with Crippen molar-refractivity contribution in [3.05, 3.63) is 24.0 Å². The second-order valence-electron chi connectivity index (χ2n) is 3.58. The Hall–Kier alpha value is -1.14. The van der Waals surface area contributed by atoms with Gasteiger partial charge in [0.25, 0.3) is 0 Å². The molecule has 1 aromatic heterocycles. The van der Waals surface area contributed by atoms with Crippen LogP contribution in [0.1, 0.15) is 12.1 Å². The van der Waals surface area contributed by atoms with Gasteiger partial charge in [0.1, 0.15) is 0 Å². The first-order chi connectivity index (χ1) is 7.08. The Labute approximate surface area is 89.0 Å². The molecule has 0 aromatic carbocycles. The summed E-state index contributed by atoms with van der Waals surface area (Å²) in [5, 5.41) is 0. The van der Waals surface area contributed by atoms with Gasteiger partial charge in [0.2, 0.25) is 10.0 Å². The van der Waals surface area contributed by atoms with E-state index in [0.29, 0.717) is 30.9 Å². The van der Waals surface area contributed by atoms with Crippen molar-refractivity contribution in [2.75, 3.05) is 18.0 Å². The Kier molecular flexibility index (Phi) is 2.62. The van der Waals surface area contributed by atoms with Crippen LogP contribution in [0.3, 0.4) is 0 Å². The number of nitrogen functional groups attached to an aromatic ring is 1. The van der Waals surface area contributed by atoms with E-state index in [4.69, 9.17) is 5.73 Å². The Morgan fingerprint density at radius 3 is 2.93 bits per heavy atom. The van der Waals surface area contributed by atoms with Crippen LogP contribution < -0.4 is 5.73 Å². The molecule has 0 radical (unpaired) electrons. The first-order valence-corrected chi connectivity index (χ1v) is 6.37. The van der Waals surface area contributed by atoms with Crippen molar-refractivity contribution < 1.29 is 8.42 Å². The smallest absolute Gasteiger partial charge is 0.214 e. The van der Waals surface area contributed by atoms with Crippen LogP contribution in [0, 0.1) is 0 Å². The Morgan fingerprint density at radius 2 is 2.33 bits per heavy atom. The molecule has 1 aliphatic heterocycles. The first-order valence-electron chi connectivity index (χ1n) is 4.76. The number of sulfonamides is 1. The minimum absolute atomic E-state index is 0.245. The molecule has 0 spiro atoms. The summed E-state index contributed by atoms with van der Waals surface area (Å²) in [6, 6.07) is 3.38. The number of nitrogens with two attached hydrogens (primary N) is 1. The summed E-state index contributed by atoms with van der Waals surface area (Å²) in [6.45, 7) is 0.909. The molecule has 0 amide bonds. The molecule has 1 aromatic rings. The van der Waals surface area contributed by atoms with Gasteiger partial charge in [-0.15, -0.1) is 0 Å². The van der Waals surface area contributed by atoms with Crippen LogP contribution in [0.25, 0.3) is 0 Å². The highest BCUT2D eigenvalue weighted by molar-refractivity contribution is 7.89. The average Bonchev–Trinajstić information content (AvgIpc) is 2.46. The van der Waals surface area contributed by atoms with E-state index in [1.807, 2.05) is 0 Å². The Morgan fingerprint density at radius 1 is 1.53 bits per heavy atom. The normalized spacial score (nSPS) is 20.5. The lowest BCUT2D eigenvalue weighted by Gasteiger charge is -2.13. The molecule has 0 unspecified atom stereocenters. The van der Waals surface area contributed by atoms with Crippen LogP contribution in [0.15, 0.2) is 18.3 Å². The molecule has 1 saturated heterocycles. The Bertz CT molecular complexity index is 458. The van der Waals surface area contributed by atoms with E-state index in [1.54, 1.807) is 18.3 Å². The third-order valence-corrected chi connectivity index (χ3v) is 4.29. The maximum atomic E-state index is 11.5. The molecular weight excluding hydrogens is 214 g/mol. The summed E-state index contributed by atoms with van der Waals surface area (Å²) in [5.74, 6) is 0.245. The molecule has 0 atom stereocenters. The molecule has 0 saturated carbocycles. The van der Waals surface area contributed by atoms with E-state index in [-0.39, 0.29) is 5.75 Å². The quantitative estimate of drug-likeness (QED) is 0.783. The maximum Gasteiger partial charge on any atom is 0.214 e. The molecule has 2 rings (SSSR count). The molecule has 1 aliphatic rings. The number of hydrogen-bond acceptors (Lipinski definition) is 4. The predicted molar refractivity (Wildman–Crippen MR) is 57.5 cm³/mol. The minimum atomic E-state index is -3.05. The molecule has 6 heteroatoms. The topological polar surface area (TPSA) is 76.3 Å². The van der Waals surface area contributed by atoms with Gasteiger partial charge in [0, 0.05) is 18.4 Å². The lowest BCUT2D eigenvalue weighted by atomic mass is 10.3. The molecular formula is C9H13N3O2S. The maximum absolute atomic E-state index is 11.5.